The smallest absolute Gasteiger partial charge is 0.416 e. The quantitative estimate of drug-likeness (QED) is 0.244. The number of benzene rings is 2. The van der Waals surface area contributed by atoms with E-state index in [1.54, 1.807) is 18.7 Å². The Morgan fingerprint density at radius 3 is 2.15 bits per heavy atom. The lowest BCUT2D eigenvalue weighted by molar-refractivity contribution is -0.137. The maximum Gasteiger partial charge on any atom is 0.416 e. The highest BCUT2D eigenvalue weighted by Crippen LogP contribution is 2.45. The van der Waals surface area contributed by atoms with Gasteiger partial charge in [-0.15, -0.1) is 23.1 Å². The molecule has 0 bridgehead atoms. The zero-order chi connectivity index (χ0) is 24.3. The van der Waals surface area contributed by atoms with Crippen LogP contribution in [-0.2, 0) is 10.9 Å². The van der Waals surface area contributed by atoms with Crippen LogP contribution < -0.4 is 0 Å². The minimum Gasteiger partial charge on any atom is -0.462 e. The molecule has 0 fully saturated rings. The van der Waals surface area contributed by atoms with Gasteiger partial charge in [0, 0.05) is 15.0 Å². The molecule has 33 heavy (non-hydrogen) atoms. The highest BCUT2D eigenvalue weighted by molar-refractivity contribution is 7.99. The first kappa shape index (κ1) is 25.4. The Morgan fingerprint density at radius 1 is 1.03 bits per heavy atom. The SMILES string of the molecule is CCOC(=O)c1ccc([C@H](Sc2cc(C)c(-c3ccc(C(F)(F)F)cc3)c(C)c2)C(C)C)s1. The summed E-state index contributed by atoms with van der Waals surface area (Å²) < 4.78 is 43.9. The van der Waals surface area contributed by atoms with Gasteiger partial charge in [0.1, 0.15) is 4.88 Å². The topological polar surface area (TPSA) is 26.3 Å². The van der Waals surface area contributed by atoms with Crippen LogP contribution in [0.15, 0.2) is 53.4 Å². The highest BCUT2D eigenvalue weighted by atomic mass is 32.2. The Labute approximate surface area is 201 Å². The number of ether oxygens (including phenoxy) is 1. The fourth-order valence-electron chi connectivity index (χ4n) is 3.76. The summed E-state index contributed by atoms with van der Waals surface area (Å²) in [6.45, 7) is 10.4. The number of thiophene rings is 1. The van der Waals surface area contributed by atoms with Gasteiger partial charge in [-0.05, 0) is 85.3 Å². The molecule has 0 saturated carbocycles. The molecule has 1 atom stereocenters. The van der Waals surface area contributed by atoms with Crippen molar-refractivity contribution in [3.05, 3.63) is 75.0 Å². The van der Waals surface area contributed by atoms with Crippen molar-refractivity contribution < 1.29 is 22.7 Å². The predicted molar refractivity (Wildman–Crippen MR) is 130 cm³/mol. The molecule has 0 unspecified atom stereocenters. The molecule has 176 valence electrons. The van der Waals surface area contributed by atoms with Crippen molar-refractivity contribution in [1.29, 1.82) is 0 Å². The van der Waals surface area contributed by atoms with Crippen molar-refractivity contribution in [2.45, 2.75) is 50.9 Å². The Kier molecular flexibility index (Phi) is 7.96. The van der Waals surface area contributed by atoms with Gasteiger partial charge in [-0.1, -0.05) is 26.0 Å². The van der Waals surface area contributed by atoms with Gasteiger partial charge >= 0.3 is 12.1 Å². The largest absolute Gasteiger partial charge is 0.462 e. The first-order valence-corrected chi connectivity index (χ1v) is 12.4. The summed E-state index contributed by atoms with van der Waals surface area (Å²) in [5.74, 6) is 0.0349. The van der Waals surface area contributed by atoms with E-state index in [0.29, 0.717) is 17.4 Å². The summed E-state index contributed by atoms with van der Waals surface area (Å²) in [6, 6.07) is 13.3. The molecule has 0 saturated heterocycles. The van der Waals surface area contributed by atoms with E-state index in [0.717, 1.165) is 44.2 Å². The van der Waals surface area contributed by atoms with Gasteiger partial charge in [-0.3, -0.25) is 0 Å². The Morgan fingerprint density at radius 2 is 1.64 bits per heavy atom. The summed E-state index contributed by atoms with van der Waals surface area (Å²) in [4.78, 5) is 14.9. The molecular weight excluding hydrogens is 465 g/mol. The van der Waals surface area contributed by atoms with Crippen molar-refractivity contribution in [2.24, 2.45) is 5.92 Å². The van der Waals surface area contributed by atoms with E-state index in [4.69, 9.17) is 4.74 Å². The van der Waals surface area contributed by atoms with Crippen LogP contribution >= 0.6 is 23.1 Å². The lowest BCUT2D eigenvalue weighted by Gasteiger charge is -2.21. The maximum absolute atomic E-state index is 12.9. The third kappa shape index (κ3) is 6.01. The van der Waals surface area contributed by atoms with Gasteiger partial charge in [0.15, 0.2) is 0 Å². The number of halogens is 3. The fraction of sp³-hybridized carbons (Fsp3) is 0.346. The molecule has 1 aromatic heterocycles. The number of alkyl halides is 3. The summed E-state index contributed by atoms with van der Waals surface area (Å²) >= 11 is 3.20. The number of carbonyl (C=O) groups excluding carboxylic acids is 1. The van der Waals surface area contributed by atoms with E-state index in [1.165, 1.54) is 23.5 Å². The lowest BCUT2D eigenvalue weighted by Crippen LogP contribution is -2.04. The van der Waals surface area contributed by atoms with Crippen LogP contribution in [0, 0.1) is 19.8 Å². The molecule has 0 radical (unpaired) electrons. The maximum atomic E-state index is 12.9. The molecule has 0 N–H and O–H groups in total. The third-order valence-electron chi connectivity index (χ3n) is 5.26. The normalized spacial score (nSPS) is 12.8. The van der Waals surface area contributed by atoms with E-state index in [2.05, 4.69) is 26.0 Å². The van der Waals surface area contributed by atoms with Crippen molar-refractivity contribution in [3.63, 3.8) is 0 Å². The fourth-order valence-corrected chi connectivity index (χ4v) is 6.36. The third-order valence-corrected chi connectivity index (χ3v) is 8.12. The summed E-state index contributed by atoms with van der Waals surface area (Å²) in [6.07, 6.45) is -4.34. The lowest BCUT2D eigenvalue weighted by atomic mass is 9.95. The Hall–Kier alpha value is -2.25. The first-order chi connectivity index (χ1) is 15.5. The van der Waals surface area contributed by atoms with Gasteiger partial charge in [-0.25, -0.2) is 4.79 Å². The van der Waals surface area contributed by atoms with E-state index < -0.39 is 11.7 Å². The van der Waals surface area contributed by atoms with Crippen LogP contribution in [0.3, 0.4) is 0 Å². The minimum absolute atomic E-state index is 0.161. The second kappa shape index (κ2) is 10.3. The zero-order valence-corrected chi connectivity index (χ0v) is 20.9. The minimum atomic E-state index is -4.34. The van der Waals surface area contributed by atoms with Crippen molar-refractivity contribution in [3.8, 4) is 11.1 Å². The van der Waals surface area contributed by atoms with E-state index in [1.807, 2.05) is 26.0 Å². The van der Waals surface area contributed by atoms with Gasteiger partial charge in [0.25, 0.3) is 0 Å². The van der Waals surface area contributed by atoms with Gasteiger partial charge in [0.2, 0.25) is 0 Å². The number of hydrogen-bond donors (Lipinski definition) is 0. The summed E-state index contributed by atoms with van der Waals surface area (Å²) in [7, 11) is 0. The molecule has 7 heteroatoms. The molecule has 0 aliphatic rings. The number of aryl methyl sites for hydroxylation is 2. The predicted octanol–water partition coefficient (Wildman–Crippen LogP) is 8.72. The number of hydrogen-bond acceptors (Lipinski definition) is 4. The highest BCUT2D eigenvalue weighted by Gasteiger charge is 2.30. The van der Waals surface area contributed by atoms with E-state index in [9.17, 15) is 18.0 Å². The van der Waals surface area contributed by atoms with Gasteiger partial charge < -0.3 is 4.74 Å². The molecule has 2 aromatic carbocycles. The molecule has 2 nitrogen and oxygen atoms in total. The molecule has 0 spiro atoms. The number of rotatable bonds is 7. The number of carbonyl (C=O) groups is 1. The molecule has 3 rings (SSSR count). The van der Waals surface area contributed by atoms with Crippen LogP contribution in [-0.4, -0.2) is 12.6 Å². The zero-order valence-electron chi connectivity index (χ0n) is 19.2. The van der Waals surface area contributed by atoms with Crippen molar-refractivity contribution in [1.82, 2.24) is 0 Å². The Balaban J connectivity index is 1.87. The molecule has 0 aliphatic carbocycles. The number of thioether (sulfide) groups is 1. The van der Waals surface area contributed by atoms with Gasteiger partial charge in [0.05, 0.1) is 12.2 Å². The monoisotopic (exact) mass is 492 g/mol. The van der Waals surface area contributed by atoms with Gasteiger partial charge in [-0.2, -0.15) is 13.2 Å². The average Bonchev–Trinajstić information content (AvgIpc) is 3.21. The molecular formula is C26H27F3O2S2. The summed E-state index contributed by atoms with van der Waals surface area (Å²) in [5, 5.41) is 0.161. The first-order valence-electron chi connectivity index (χ1n) is 10.7. The second-order valence-corrected chi connectivity index (χ2v) is 10.5. The van der Waals surface area contributed by atoms with Crippen molar-refractivity contribution in [2.75, 3.05) is 6.61 Å². The summed E-state index contributed by atoms with van der Waals surface area (Å²) in [5.41, 5.74) is 3.10. The molecule has 0 aliphatic heterocycles. The Bertz CT molecular complexity index is 1090. The van der Waals surface area contributed by atoms with E-state index >= 15 is 0 Å². The van der Waals surface area contributed by atoms with Crippen LogP contribution in [0.4, 0.5) is 13.2 Å². The van der Waals surface area contributed by atoms with Crippen molar-refractivity contribution >= 4 is 29.1 Å². The van der Waals surface area contributed by atoms with Crippen LogP contribution in [0.25, 0.3) is 11.1 Å². The van der Waals surface area contributed by atoms with Crippen LogP contribution in [0.5, 0.6) is 0 Å². The average molecular weight is 493 g/mol. The second-order valence-electron chi connectivity index (χ2n) is 8.21. The van der Waals surface area contributed by atoms with E-state index in [-0.39, 0.29) is 11.2 Å². The standard InChI is InChI=1S/C26H27F3O2S2/c1-6-31-25(30)22-12-11-21(33-22)24(15(2)3)32-20-13-16(4)23(17(5)14-20)18-7-9-19(10-8-18)26(27,28)29/h7-15,24H,6H2,1-5H3/t24-/m1/s1. The van der Waals surface area contributed by atoms with Crippen LogP contribution in [0.1, 0.15) is 57.3 Å². The van der Waals surface area contributed by atoms with Crippen LogP contribution in [0.2, 0.25) is 0 Å². The molecule has 3 aromatic rings. The number of esters is 1. The molecule has 1 heterocycles. The molecule has 0 amide bonds.